The van der Waals surface area contributed by atoms with Gasteiger partial charge in [0.2, 0.25) is 11.8 Å². The van der Waals surface area contributed by atoms with Gasteiger partial charge in [0.15, 0.2) is 5.78 Å². The Morgan fingerprint density at radius 3 is 2.34 bits per heavy atom. The van der Waals surface area contributed by atoms with Gasteiger partial charge in [0.1, 0.15) is 6.10 Å². The van der Waals surface area contributed by atoms with Gasteiger partial charge >= 0.3 is 11.9 Å². The molecule has 5 aliphatic carbocycles. The first kappa shape index (κ1) is 38.6. The molecule has 0 saturated heterocycles. The Labute approximate surface area is 324 Å². The molecule has 1 N–H and O–H groups in total. The molecule has 4 fully saturated rings. The number of rotatable bonds is 7. The number of halogens is 2. The van der Waals surface area contributed by atoms with Gasteiger partial charge in [0, 0.05) is 16.9 Å². The molecule has 0 bridgehead atoms. The molecule has 1 aromatic heterocycles. The number of carboxylic acids is 1. The summed E-state index contributed by atoms with van der Waals surface area (Å²) in [5, 5.41) is 19.7. The van der Waals surface area contributed by atoms with Crippen LogP contribution in [0.2, 0.25) is 10.0 Å². The minimum atomic E-state index is -1.17. The number of Topliss-reactive ketones (excluding diaryl/α,β-unsaturated/α-hetero) is 1. The van der Waals surface area contributed by atoms with E-state index in [1.807, 2.05) is 0 Å². The Balaban J connectivity index is 1.21. The summed E-state index contributed by atoms with van der Waals surface area (Å²) in [4.78, 5) is 39.0. The number of aliphatic carboxylic acids is 1. The number of aromatic nitrogens is 2. The van der Waals surface area contributed by atoms with Crippen LogP contribution in [0.4, 0.5) is 0 Å². The van der Waals surface area contributed by atoms with Crippen molar-refractivity contribution in [3.05, 3.63) is 45.3 Å². The minimum absolute atomic E-state index is 0.0238. The molecular weight excluding hydrogens is 711 g/mol. The van der Waals surface area contributed by atoms with Crippen LogP contribution in [0.15, 0.2) is 33.8 Å². The van der Waals surface area contributed by atoms with Crippen molar-refractivity contribution in [1.29, 1.82) is 0 Å². The average Bonchev–Trinajstić information content (AvgIpc) is 3.66. The lowest BCUT2D eigenvalue weighted by molar-refractivity contribution is -0.232. The molecule has 4 saturated carbocycles. The number of esters is 1. The van der Waals surface area contributed by atoms with Crippen LogP contribution in [0.1, 0.15) is 132 Å². The molecule has 1 heterocycles. The zero-order valence-electron chi connectivity index (χ0n) is 32.8. The lowest BCUT2D eigenvalue weighted by Gasteiger charge is -2.72. The largest absolute Gasteiger partial charge is 0.481 e. The zero-order chi connectivity index (χ0) is 38.7. The molecule has 5 aliphatic rings. The van der Waals surface area contributed by atoms with Gasteiger partial charge in [-0.05, 0) is 134 Å². The van der Waals surface area contributed by atoms with Crippen molar-refractivity contribution in [3.8, 4) is 11.5 Å². The highest BCUT2D eigenvalue weighted by molar-refractivity contribution is 6.36. The quantitative estimate of drug-likeness (QED) is 0.277. The van der Waals surface area contributed by atoms with Crippen molar-refractivity contribution in [2.45, 2.75) is 138 Å². The van der Waals surface area contributed by atoms with E-state index in [1.165, 1.54) is 5.57 Å². The summed E-state index contributed by atoms with van der Waals surface area (Å²) in [5.74, 6) is 0.734. The standard InChI is InChI=1S/C43H56Cl2N2O6/c1-23(2)33-28(48)21-43(36-47-46-35(53-36)25-11-10-24(44)20-27(25)45)19-18-41(8)26(34(33)43)12-13-30-40(7)16-15-31(52-32(49)22-38(3,4)37(50)51)39(5,6)29(40)14-17-42(30,41)9/h10-11,20,23,26,29-31H,12-19,21-22H2,1-9H3,(H,50,51)/t26-,29+,30-,31+,40+,41-,42-,43-/m1/s1. The van der Waals surface area contributed by atoms with Gasteiger partial charge in [-0.15, -0.1) is 10.2 Å². The van der Waals surface area contributed by atoms with E-state index < -0.39 is 22.8 Å². The van der Waals surface area contributed by atoms with Crippen LogP contribution in [-0.2, 0) is 24.5 Å². The number of carboxylic acid groups (broad SMARTS) is 1. The summed E-state index contributed by atoms with van der Waals surface area (Å²) in [6.45, 7) is 19.5. The van der Waals surface area contributed by atoms with E-state index in [9.17, 15) is 19.5 Å². The van der Waals surface area contributed by atoms with Crippen LogP contribution in [0, 0.1) is 50.7 Å². The normalized spacial score (nSPS) is 36.4. The van der Waals surface area contributed by atoms with E-state index >= 15 is 0 Å². The fraction of sp³-hybridized carbons (Fsp3) is 0.698. The van der Waals surface area contributed by atoms with E-state index in [4.69, 9.17) is 32.4 Å². The van der Waals surface area contributed by atoms with E-state index in [2.05, 4.69) is 58.7 Å². The van der Waals surface area contributed by atoms with Crippen LogP contribution >= 0.6 is 23.2 Å². The molecule has 0 radical (unpaired) electrons. The number of benzene rings is 1. The second-order valence-corrected chi connectivity index (χ2v) is 20.4. The number of ether oxygens (including phenoxy) is 1. The molecule has 7 rings (SSSR count). The second-order valence-electron chi connectivity index (χ2n) is 19.5. The zero-order valence-corrected chi connectivity index (χ0v) is 34.3. The molecule has 8 atom stereocenters. The molecule has 2 aromatic rings. The van der Waals surface area contributed by atoms with Crippen molar-refractivity contribution in [2.75, 3.05) is 0 Å². The fourth-order valence-corrected chi connectivity index (χ4v) is 13.4. The fourth-order valence-electron chi connectivity index (χ4n) is 12.9. The molecule has 0 spiro atoms. The van der Waals surface area contributed by atoms with Crippen molar-refractivity contribution < 1.29 is 28.6 Å². The number of allylic oxidation sites excluding steroid dienone is 2. The summed E-state index contributed by atoms with van der Waals surface area (Å²) in [5.41, 5.74) is 0.787. The summed E-state index contributed by atoms with van der Waals surface area (Å²) in [6.07, 6.45) is 7.56. The molecule has 0 unspecified atom stereocenters. The maximum Gasteiger partial charge on any atom is 0.309 e. The predicted molar refractivity (Wildman–Crippen MR) is 204 cm³/mol. The molecule has 288 valence electrons. The smallest absolute Gasteiger partial charge is 0.309 e. The van der Waals surface area contributed by atoms with Gasteiger partial charge in [-0.25, -0.2) is 0 Å². The van der Waals surface area contributed by atoms with Crippen LogP contribution in [0.3, 0.4) is 0 Å². The Bertz CT molecular complexity index is 1900. The summed E-state index contributed by atoms with van der Waals surface area (Å²) < 4.78 is 12.7. The van der Waals surface area contributed by atoms with Crippen LogP contribution in [-0.4, -0.2) is 39.1 Å². The maximum atomic E-state index is 14.1. The van der Waals surface area contributed by atoms with E-state index in [0.717, 1.165) is 56.9 Å². The maximum absolute atomic E-state index is 14.1. The van der Waals surface area contributed by atoms with Crippen molar-refractivity contribution in [3.63, 3.8) is 0 Å². The number of fused-ring (bicyclic) bond motifs is 7. The second kappa shape index (κ2) is 12.7. The summed E-state index contributed by atoms with van der Waals surface area (Å²) in [6, 6.07) is 5.23. The number of hydrogen-bond donors (Lipinski definition) is 1. The minimum Gasteiger partial charge on any atom is -0.481 e. The molecule has 0 amide bonds. The number of carbonyl (C=O) groups is 3. The van der Waals surface area contributed by atoms with Crippen molar-refractivity contribution in [2.24, 2.45) is 50.7 Å². The van der Waals surface area contributed by atoms with Gasteiger partial charge in [-0.1, -0.05) is 71.7 Å². The van der Waals surface area contributed by atoms with E-state index in [0.29, 0.717) is 45.6 Å². The van der Waals surface area contributed by atoms with Crippen molar-refractivity contribution >= 4 is 40.9 Å². The molecule has 53 heavy (non-hydrogen) atoms. The first-order chi connectivity index (χ1) is 24.6. The van der Waals surface area contributed by atoms with E-state index in [-0.39, 0.29) is 51.8 Å². The van der Waals surface area contributed by atoms with Crippen molar-refractivity contribution in [1.82, 2.24) is 10.2 Å². The number of ketones is 1. The van der Waals surface area contributed by atoms with Crippen LogP contribution in [0.5, 0.6) is 0 Å². The molecule has 10 heteroatoms. The van der Waals surface area contributed by atoms with E-state index in [1.54, 1.807) is 32.0 Å². The van der Waals surface area contributed by atoms with Gasteiger partial charge < -0.3 is 14.3 Å². The highest BCUT2D eigenvalue weighted by Crippen LogP contribution is 2.76. The topological polar surface area (TPSA) is 120 Å². The number of carbonyl (C=O) groups excluding carboxylic acids is 2. The number of hydrogen-bond acceptors (Lipinski definition) is 7. The Hall–Kier alpha value is -2.71. The van der Waals surface area contributed by atoms with Gasteiger partial charge in [-0.3, -0.25) is 14.4 Å². The molecular formula is C43H56Cl2N2O6. The molecule has 8 nitrogen and oxygen atoms in total. The van der Waals surface area contributed by atoms with Gasteiger partial charge in [-0.2, -0.15) is 0 Å². The average molecular weight is 768 g/mol. The molecule has 1 aromatic carbocycles. The van der Waals surface area contributed by atoms with Crippen LogP contribution < -0.4 is 0 Å². The summed E-state index contributed by atoms with van der Waals surface area (Å²) in [7, 11) is 0. The predicted octanol–water partition coefficient (Wildman–Crippen LogP) is 10.7. The number of nitrogens with zero attached hydrogens (tertiary/aromatic N) is 2. The Morgan fingerprint density at radius 1 is 0.962 bits per heavy atom. The highest BCUT2D eigenvalue weighted by Gasteiger charge is 2.71. The third kappa shape index (κ3) is 5.60. The first-order valence-corrected chi connectivity index (χ1v) is 20.4. The third-order valence-corrected chi connectivity index (χ3v) is 16.4. The van der Waals surface area contributed by atoms with Gasteiger partial charge in [0.25, 0.3) is 0 Å². The SMILES string of the molecule is CC(C)C1=C2[C@H]3CC[C@@H]4[C@@]5(C)CC[C@H](OC(=O)CC(C)(C)C(=O)O)C(C)(C)[C@@H]5CC[C@@]4(C)[C@]3(C)CC[C@@]2(c2nnc(-c3ccc(Cl)cc3Cl)o2)CC1=O. The Morgan fingerprint density at radius 2 is 1.68 bits per heavy atom. The third-order valence-electron chi connectivity index (χ3n) is 15.8. The lowest BCUT2D eigenvalue weighted by Crippen LogP contribution is -2.66. The lowest BCUT2D eigenvalue weighted by atomic mass is 9.33. The molecule has 0 aliphatic heterocycles. The highest BCUT2D eigenvalue weighted by atomic mass is 35.5. The first-order valence-electron chi connectivity index (χ1n) is 19.6. The van der Waals surface area contributed by atoms with Crippen LogP contribution in [0.25, 0.3) is 11.5 Å². The van der Waals surface area contributed by atoms with Gasteiger partial charge in [0.05, 0.1) is 27.8 Å². The summed E-state index contributed by atoms with van der Waals surface area (Å²) >= 11 is 12.8. The Kier molecular flexibility index (Phi) is 9.21. The monoisotopic (exact) mass is 766 g/mol.